The first kappa shape index (κ1) is 22.7. The fourth-order valence-corrected chi connectivity index (χ4v) is 3.74. The Morgan fingerprint density at radius 1 is 1.00 bits per heavy atom. The first-order chi connectivity index (χ1) is 15.0. The van der Waals surface area contributed by atoms with Gasteiger partial charge in [-0.1, -0.05) is 45.0 Å². The average Bonchev–Trinajstić information content (AvgIpc) is 2.82. The molecule has 0 bridgehead atoms. The normalized spacial score (nSPS) is 14.8. The maximum atomic E-state index is 12.5. The highest BCUT2D eigenvalue weighted by Gasteiger charge is 2.22. The minimum atomic E-state index is -0.196. The van der Waals surface area contributed by atoms with Crippen LogP contribution >= 0.6 is 0 Å². The van der Waals surface area contributed by atoms with Gasteiger partial charge in [0, 0.05) is 32.6 Å². The smallest absolute Gasteiger partial charge is 0.262 e. The number of amides is 2. The predicted molar refractivity (Wildman–Crippen MR) is 125 cm³/mol. The molecule has 0 saturated carbocycles. The lowest BCUT2D eigenvalue weighted by Gasteiger charge is -2.36. The number of benzene rings is 2. The van der Waals surface area contributed by atoms with Gasteiger partial charge in [0.2, 0.25) is 5.91 Å². The number of ether oxygens (including phenoxy) is 1. The van der Waals surface area contributed by atoms with Gasteiger partial charge in [-0.15, -0.1) is 0 Å². The fraction of sp³-hybridized carbons (Fsp3) is 0.440. The quantitative estimate of drug-likeness (QED) is 0.689. The predicted octanol–water partition coefficient (Wildman–Crippen LogP) is 4.28. The Kier molecular flexibility index (Phi) is 7.93. The molecule has 0 radical (unpaired) electrons. The minimum Gasteiger partial charge on any atom is -0.484 e. The number of carbonyl (C=O) groups is 2. The van der Waals surface area contributed by atoms with E-state index in [-0.39, 0.29) is 18.4 Å². The van der Waals surface area contributed by atoms with Crippen LogP contribution in [0.15, 0.2) is 48.5 Å². The van der Waals surface area contributed by atoms with Gasteiger partial charge in [-0.25, -0.2) is 0 Å². The second-order valence-electron chi connectivity index (χ2n) is 7.95. The zero-order chi connectivity index (χ0) is 22.2. The zero-order valence-electron chi connectivity index (χ0n) is 18.8. The Labute approximate surface area is 185 Å². The van der Waals surface area contributed by atoms with E-state index >= 15 is 0 Å². The number of nitrogens with one attached hydrogen (secondary N) is 1. The summed E-state index contributed by atoms with van der Waals surface area (Å²) in [5.41, 5.74) is 3.00. The molecule has 2 aromatic carbocycles. The highest BCUT2D eigenvalue weighted by atomic mass is 16.5. The van der Waals surface area contributed by atoms with Gasteiger partial charge in [0.1, 0.15) is 5.75 Å². The molecule has 2 aromatic rings. The molecular formula is C25H33N3O3. The molecular weight excluding hydrogens is 390 g/mol. The molecule has 0 unspecified atom stereocenters. The summed E-state index contributed by atoms with van der Waals surface area (Å²) >= 11 is 0. The summed E-state index contributed by atoms with van der Waals surface area (Å²) < 4.78 is 5.68. The minimum absolute atomic E-state index is 0.0458. The summed E-state index contributed by atoms with van der Waals surface area (Å²) in [4.78, 5) is 28.5. The Balaban J connectivity index is 1.56. The van der Waals surface area contributed by atoms with Crippen molar-refractivity contribution in [2.24, 2.45) is 0 Å². The second kappa shape index (κ2) is 10.8. The van der Waals surface area contributed by atoms with Crippen LogP contribution in [0.3, 0.4) is 0 Å². The maximum Gasteiger partial charge on any atom is 0.262 e. The first-order valence-corrected chi connectivity index (χ1v) is 11.2. The highest BCUT2D eigenvalue weighted by Crippen LogP contribution is 2.27. The summed E-state index contributed by atoms with van der Waals surface area (Å²) in [6.45, 7) is 9.10. The van der Waals surface area contributed by atoms with Gasteiger partial charge >= 0.3 is 0 Å². The largest absolute Gasteiger partial charge is 0.484 e. The summed E-state index contributed by atoms with van der Waals surface area (Å²) in [6, 6.07) is 15.7. The van der Waals surface area contributed by atoms with Gasteiger partial charge in [-0.05, 0) is 42.2 Å². The summed E-state index contributed by atoms with van der Waals surface area (Å²) in [5, 5.41) is 2.98. The molecule has 1 atom stereocenters. The monoisotopic (exact) mass is 423 g/mol. The molecule has 31 heavy (non-hydrogen) atoms. The number of carbonyl (C=O) groups excluding carboxylic acids is 2. The van der Waals surface area contributed by atoms with E-state index in [1.807, 2.05) is 48.2 Å². The van der Waals surface area contributed by atoms with Crippen LogP contribution in [0.2, 0.25) is 0 Å². The van der Waals surface area contributed by atoms with Gasteiger partial charge < -0.3 is 19.9 Å². The van der Waals surface area contributed by atoms with Gasteiger partial charge in [0.05, 0.1) is 11.4 Å². The van der Waals surface area contributed by atoms with E-state index in [0.717, 1.165) is 30.9 Å². The number of anilines is 2. The molecule has 0 aliphatic carbocycles. The number of nitrogens with zero attached hydrogens (tertiary/aromatic N) is 2. The Morgan fingerprint density at radius 2 is 1.68 bits per heavy atom. The van der Waals surface area contributed by atoms with Gasteiger partial charge in [-0.2, -0.15) is 0 Å². The van der Waals surface area contributed by atoms with Crippen LogP contribution in [0, 0.1) is 0 Å². The average molecular weight is 424 g/mol. The van der Waals surface area contributed by atoms with Crippen molar-refractivity contribution in [1.82, 2.24) is 4.90 Å². The number of hydrogen-bond donors (Lipinski definition) is 1. The van der Waals surface area contributed by atoms with Crippen molar-refractivity contribution in [3.8, 4) is 5.75 Å². The first-order valence-electron chi connectivity index (χ1n) is 11.2. The molecule has 1 saturated heterocycles. The molecule has 6 nitrogen and oxygen atoms in total. The lowest BCUT2D eigenvalue weighted by atomic mass is 9.99. The third-order valence-electron chi connectivity index (χ3n) is 5.89. The molecule has 1 aliphatic heterocycles. The third-order valence-corrected chi connectivity index (χ3v) is 5.89. The third kappa shape index (κ3) is 6.00. The van der Waals surface area contributed by atoms with Crippen LogP contribution in [-0.2, 0) is 9.59 Å². The Morgan fingerprint density at radius 3 is 2.32 bits per heavy atom. The van der Waals surface area contributed by atoms with E-state index in [1.54, 1.807) is 0 Å². The van der Waals surface area contributed by atoms with Crippen molar-refractivity contribution in [3.63, 3.8) is 0 Å². The van der Waals surface area contributed by atoms with Crippen molar-refractivity contribution in [3.05, 3.63) is 54.1 Å². The zero-order valence-corrected chi connectivity index (χ0v) is 18.8. The van der Waals surface area contributed by atoms with Gasteiger partial charge in [0.15, 0.2) is 6.61 Å². The molecule has 1 N–H and O–H groups in total. The molecule has 0 spiro atoms. The Bertz CT molecular complexity index is 874. The van der Waals surface area contributed by atoms with Crippen molar-refractivity contribution in [1.29, 1.82) is 0 Å². The van der Waals surface area contributed by atoms with Crippen molar-refractivity contribution < 1.29 is 14.3 Å². The summed E-state index contributed by atoms with van der Waals surface area (Å²) in [7, 11) is 0. The molecule has 6 heteroatoms. The lowest BCUT2D eigenvalue weighted by molar-refractivity contribution is -0.131. The van der Waals surface area contributed by atoms with Crippen molar-refractivity contribution >= 4 is 23.2 Å². The molecule has 1 aliphatic rings. The van der Waals surface area contributed by atoms with Crippen LogP contribution in [0.1, 0.15) is 45.1 Å². The number of rotatable bonds is 8. The van der Waals surface area contributed by atoms with E-state index in [4.69, 9.17) is 4.74 Å². The molecule has 1 heterocycles. The highest BCUT2D eigenvalue weighted by molar-refractivity contribution is 5.95. The lowest BCUT2D eigenvalue weighted by Crippen LogP contribution is -2.48. The molecule has 2 amide bonds. The molecule has 1 fully saturated rings. The molecule has 166 valence electrons. The Hall–Kier alpha value is -3.02. The number of para-hydroxylation sites is 2. The fourth-order valence-electron chi connectivity index (χ4n) is 3.74. The van der Waals surface area contributed by atoms with Crippen LogP contribution < -0.4 is 15.0 Å². The molecule has 0 aromatic heterocycles. The number of piperazine rings is 1. The van der Waals surface area contributed by atoms with Crippen molar-refractivity contribution in [2.45, 2.75) is 39.5 Å². The van der Waals surface area contributed by atoms with Crippen LogP contribution in [0.4, 0.5) is 11.4 Å². The summed E-state index contributed by atoms with van der Waals surface area (Å²) in [5.74, 6) is 1.19. The van der Waals surface area contributed by atoms with Crippen LogP contribution in [-0.4, -0.2) is 49.5 Å². The van der Waals surface area contributed by atoms with Gasteiger partial charge in [0.25, 0.3) is 5.91 Å². The number of hydrogen-bond acceptors (Lipinski definition) is 4. The molecule has 3 rings (SSSR count). The van der Waals surface area contributed by atoms with E-state index in [0.29, 0.717) is 31.2 Å². The van der Waals surface area contributed by atoms with Crippen LogP contribution in [0.25, 0.3) is 0 Å². The van der Waals surface area contributed by atoms with Crippen LogP contribution in [0.5, 0.6) is 5.75 Å². The SMILES string of the molecule is CCC(=O)N1CCN(c2ccccc2NC(=O)COc2ccc([C@@H](C)CC)cc2)CC1. The maximum absolute atomic E-state index is 12.5. The topological polar surface area (TPSA) is 61.9 Å². The van der Waals surface area contributed by atoms with Gasteiger partial charge in [-0.3, -0.25) is 9.59 Å². The standard InChI is InChI=1S/C25H33N3O3/c1-4-19(3)20-10-12-21(13-11-20)31-18-24(29)26-22-8-6-7-9-23(22)27-14-16-28(17-15-27)25(30)5-2/h6-13,19H,4-5,14-18H2,1-3H3,(H,26,29)/t19-/m0/s1. The van der Waals surface area contributed by atoms with Crippen molar-refractivity contribution in [2.75, 3.05) is 43.0 Å². The van der Waals surface area contributed by atoms with E-state index in [2.05, 4.69) is 36.2 Å². The summed E-state index contributed by atoms with van der Waals surface area (Å²) in [6.07, 6.45) is 1.62. The van der Waals surface area contributed by atoms with E-state index in [1.165, 1.54) is 5.56 Å². The van der Waals surface area contributed by atoms with E-state index < -0.39 is 0 Å². The van der Waals surface area contributed by atoms with E-state index in [9.17, 15) is 9.59 Å². The second-order valence-corrected chi connectivity index (χ2v) is 7.95.